The van der Waals surface area contributed by atoms with Gasteiger partial charge in [-0.05, 0) is 29.2 Å². The van der Waals surface area contributed by atoms with Crippen molar-refractivity contribution in [1.82, 2.24) is 9.36 Å². The minimum atomic E-state index is 0.397. The molecule has 0 aliphatic heterocycles. The molecule has 2 aromatic rings. The summed E-state index contributed by atoms with van der Waals surface area (Å²) >= 11 is 3.11. The molecule has 1 aromatic heterocycles. The molecule has 17 heavy (non-hydrogen) atoms. The summed E-state index contributed by atoms with van der Waals surface area (Å²) in [5.74, 6) is 6.74. The Balaban J connectivity index is 1.94. The van der Waals surface area contributed by atoms with Gasteiger partial charge in [-0.1, -0.05) is 35.7 Å². The molecule has 0 amide bonds. The predicted octanol–water partition coefficient (Wildman–Crippen LogP) is 2.14. The van der Waals surface area contributed by atoms with Gasteiger partial charge < -0.3 is 5.73 Å². The van der Waals surface area contributed by atoms with Gasteiger partial charge in [0.05, 0.1) is 6.54 Å². The fourth-order valence-corrected chi connectivity index (χ4v) is 2.61. The van der Waals surface area contributed by atoms with Gasteiger partial charge in [0.25, 0.3) is 0 Å². The van der Waals surface area contributed by atoms with Crippen LogP contribution in [0.5, 0.6) is 0 Å². The first-order valence-corrected chi connectivity index (χ1v) is 6.82. The molecule has 3 nitrogen and oxygen atoms in total. The lowest BCUT2D eigenvalue weighted by atomic mass is 10.1. The van der Waals surface area contributed by atoms with E-state index in [1.54, 1.807) is 18.1 Å². The van der Waals surface area contributed by atoms with Crippen molar-refractivity contribution in [3.8, 4) is 11.8 Å². The van der Waals surface area contributed by atoms with Gasteiger partial charge >= 0.3 is 0 Å². The fraction of sp³-hybridized carbons (Fsp3) is 0.167. The van der Waals surface area contributed by atoms with Crippen LogP contribution in [0, 0.1) is 11.8 Å². The molecule has 0 unspecified atom stereocenters. The lowest BCUT2D eigenvalue weighted by Crippen LogP contribution is -1.93. The van der Waals surface area contributed by atoms with E-state index in [0.717, 1.165) is 15.7 Å². The summed E-state index contributed by atoms with van der Waals surface area (Å²) < 4.78 is 4.96. The third-order valence-corrected chi connectivity index (χ3v) is 3.86. The SMILES string of the molecule is NCC#Cc1ccc(CSc2ncns2)cc1. The summed E-state index contributed by atoms with van der Waals surface area (Å²) in [5, 5.41) is 0. The van der Waals surface area contributed by atoms with Crippen molar-refractivity contribution >= 4 is 23.3 Å². The highest BCUT2D eigenvalue weighted by atomic mass is 32.2. The second kappa shape index (κ2) is 6.40. The predicted molar refractivity (Wildman–Crippen MR) is 71.8 cm³/mol. The summed E-state index contributed by atoms with van der Waals surface area (Å²) in [4.78, 5) is 4.12. The van der Waals surface area contributed by atoms with E-state index in [1.165, 1.54) is 17.1 Å². The number of benzene rings is 1. The van der Waals surface area contributed by atoms with Crippen LogP contribution in [0.1, 0.15) is 11.1 Å². The number of hydrogen-bond acceptors (Lipinski definition) is 5. The van der Waals surface area contributed by atoms with E-state index < -0.39 is 0 Å². The number of nitrogens with two attached hydrogens (primary N) is 1. The summed E-state index contributed by atoms with van der Waals surface area (Å²) in [5.41, 5.74) is 7.57. The van der Waals surface area contributed by atoms with Crippen molar-refractivity contribution in [2.75, 3.05) is 6.54 Å². The topological polar surface area (TPSA) is 51.8 Å². The van der Waals surface area contributed by atoms with E-state index in [4.69, 9.17) is 5.73 Å². The maximum atomic E-state index is 5.32. The van der Waals surface area contributed by atoms with Crippen LogP contribution >= 0.6 is 23.3 Å². The lowest BCUT2D eigenvalue weighted by molar-refractivity contribution is 1.21. The molecule has 2 N–H and O–H groups in total. The Labute approximate surface area is 109 Å². The number of nitrogens with zero attached hydrogens (tertiary/aromatic N) is 2. The molecular formula is C12H11N3S2. The maximum Gasteiger partial charge on any atom is 0.170 e. The monoisotopic (exact) mass is 261 g/mol. The third-order valence-electron chi connectivity index (χ3n) is 1.99. The van der Waals surface area contributed by atoms with Gasteiger partial charge in [-0.25, -0.2) is 4.98 Å². The average Bonchev–Trinajstić information content (AvgIpc) is 2.88. The summed E-state index contributed by atoms with van der Waals surface area (Å²) in [6.07, 6.45) is 1.58. The van der Waals surface area contributed by atoms with Gasteiger partial charge in [-0.15, -0.1) is 0 Å². The average molecular weight is 261 g/mol. The number of thioether (sulfide) groups is 1. The van der Waals surface area contributed by atoms with Gasteiger partial charge in [-0.3, -0.25) is 0 Å². The molecule has 0 bridgehead atoms. The highest BCUT2D eigenvalue weighted by Gasteiger charge is 1.99. The Morgan fingerprint density at radius 2 is 2.12 bits per heavy atom. The van der Waals surface area contributed by atoms with Crippen LogP contribution in [-0.4, -0.2) is 15.9 Å². The van der Waals surface area contributed by atoms with Crippen molar-refractivity contribution in [2.24, 2.45) is 5.73 Å². The van der Waals surface area contributed by atoms with E-state index in [0.29, 0.717) is 6.54 Å². The van der Waals surface area contributed by atoms with E-state index in [2.05, 4.69) is 33.3 Å². The van der Waals surface area contributed by atoms with E-state index in [1.807, 2.05) is 12.1 Å². The smallest absolute Gasteiger partial charge is 0.170 e. The number of rotatable bonds is 3. The summed E-state index contributed by atoms with van der Waals surface area (Å²) in [6, 6.07) is 8.18. The molecule has 86 valence electrons. The van der Waals surface area contributed by atoms with Crippen LogP contribution < -0.4 is 5.73 Å². The highest BCUT2D eigenvalue weighted by Crippen LogP contribution is 2.23. The van der Waals surface area contributed by atoms with Crippen LogP contribution in [0.2, 0.25) is 0 Å². The second-order valence-corrected chi connectivity index (χ2v) is 5.20. The van der Waals surface area contributed by atoms with Crippen LogP contribution in [0.15, 0.2) is 34.9 Å². The summed E-state index contributed by atoms with van der Waals surface area (Å²) in [6.45, 7) is 0.397. The molecule has 0 atom stereocenters. The molecule has 1 heterocycles. The molecule has 0 spiro atoms. The molecule has 0 saturated heterocycles. The van der Waals surface area contributed by atoms with Crippen LogP contribution in [0.25, 0.3) is 0 Å². The van der Waals surface area contributed by atoms with Crippen LogP contribution in [0.3, 0.4) is 0 Å². The second-order valence-electron chi connectivity index (χ2n) is 3.20. The van der Waals surface area contributed by atoms with Crippen molar-refractivity contribution in [1.29, 1.82) is 0 Å². The zero-order chi connectivity index (χ0) is 11.9. The Morgan fingerprint density at radius 3 is 2.76 bits per heavy atom. The first-order chi connectivity index (χ1) is 8.38. The number of aromatic nitrogens is 2. The summed E-state index contributed by atoms with van der Waals surface area (Å²) in [7, 11) is 0. The molecule has 1 aromatic carbocycles. The van der Waals surface area contributed by atoms with E-state index in [9.17, 15) is 0 Å². The minimum Gasteiger partial charge on any atom is -0.320 e. The first kappa shape index (κ1) is 12.1. The van der Waals surface area contributed by atoms with Crippen LogP contribution in [-0.2, 0) is 5.75 Å². The van der Waals surface area contributed by atoms with Crippen molar-refractivity contribution < 1.29 is 0 Å². The lowest BCUT2D eigenvalue weighted by Gasteiger charge is -1.98. The number of hydrogen-bond donors (Lipinski definition) is 1. The fourth-order valence-electron chi connectivity index (χ4n) is 1.21. The van der Waals surface area contributed by atoms with E-state index >= 15 is 0 Å². The molecule has 2 rings (SSSR count). The third kappa shape index (κ3) is 3.86. The van der Waals surface area contributed by atoms with Gasteiger partial charge in [0.2, 0.25) is 0 Å². The molecule has 5 heteroatoms. The molecule has 0 fully saturated rings. The maximum absolute atomic E-state index is 5.32. The van der Waals surface area contributed by atoms with Gasteiger partial charge in [-0.2, -0.15) is 4.37 Å². The zero-order valence-corrected chi connectivity index (χ0v) is 10.7. The van der Waals surface area contributed by atoms with E-state index in [-0.39, 0.29) is 0 Å². The Morgan fingerprint density at radius 1 is 1.29 bits per heavy atom. The van der Waals surface area contributed by atoms with Gasteiger partial charge in [0, 0.05) is 11.3 Å². The largest absolute Gasteiger partial charge is 0.320 e. The Hall–Kier alpha value is -1.35. The molecular weight excluding hydrogens is 250 g/mol. The highest BCUT2D eigenvalue weighted by molar-refractivity contribution is 8.00. The molecule has 0 aliphatic rings. The van der Waals surface area contributed by atoms with Crippen molar-refractivity contribution in [2.45, 2.75) is 10.1 Å². The van der Waals surface area contributed by atoms with Crippen molar-refractivity contribution in [3.63, 3.8) is 0 Å². The first-order valence-electron chi connectivity index (χ1n) is 5.06. The van der Waals surface area contributed by atoms with Crippen LogP contribution in [0.4, 0.5) is 0 Å². The Kier molecular flexibility index (Phi) is 4.56. The van der Waals surface area contributed by atoms with Crippen molar-refractivity contribution in [3.05, 3.63) is 41.7 Å². The molecule has 0 saturated carbocycles. The molecule has 0 aliphatic carbocycles. The normalized spacial score (nSPS) is 9.71. The standard InChI is InChI=1S/C12H11N3S2/c13-7-1-2-10-3-5-11(6-4-10)8-16-12-14-9-15-17-12/h3-6,9H,7-8,13H2. The zero-order valence-electron chi connectivity index (χ0n) is 9.09. The molecule has 0 radical (unpaired) electrons. The quantitative estimate of drug-likeness (QED) is 0.679. The van der Waals surface area contributed by atoms with Gasteiger partial charge in [0.1, 0.15) is 6.33 Å². The Bertz CT molecular complexity index is 509. The minimum absolute atomic E-state index is 0.397. The van der Waals surface area contributed by atoms with Gasteiger partial charge in [0.15, 0.2) is 4.34 Å².